The molecule has 0 saturated heterocycles. The zero-order chi connectivity index (χ0) is 21.4. The van der Waals surface area contributed by atoms with E-state index in [1.165, 1.54) is 0 Å². The monoisotopic (exact) mass is 438 g/mol. The van der Waals surface area contributed by atoms with Gasteiger partial charge in [0.15, 0.2) is 0 Å². The molecule has 0 saturated carbocycles. The van der Waals surface area contributed by atoms with Crippen molar-refractivity contribution in [3.63, 3.8) is 0 Å². The van der Waals surface area contributed by atoms with Gasteiger partial charge in [-0.2, -0.15) is 5.26 Å². The first-order valence-corrected chi connectivity index (χ1v) is 9.82. The molecule has 3 heterocycles. The van der Waals surface area contributed by atoms with Gasteiger partial charge in [0, 0.05) is 34.2 Å². The molecule has 30 heavy (non-hydrogen) atoms. The van der Waals surface area contributed by atoms with Crippen molar-refractivity contribution in [3.8, 4) is 11.8 Å². The smallest absolute Gasteiger partial charge is 0.259 e. The number of aromatic nitrogens is 2. The summed E-state index contributed by atoms with van der Waals surface area (Å²) < 4.78 is 7.28. The number of aryl methyl sites for hydroxylation is 1. The van der Waals surface area contributed by atoms with E-state index in [1.807, 2.05) is 19.1 Å². The number of nitrogens with zero attached hydrogens (tertiary/aromatic N) is 3. The minimum absolute atomic E-state index is 0.0511. The first-order chi connectivity index (χ1) is 14.4. The molecule has 0 amide bonds. The third-order valence-corrected chi connectivity index (χ3v) is 5.59. The van der Waals surface area contributed by atoms with Gasteiger partial charge in [-0.15, -0.1) is 0 Å². The fraction of sp³-hybridized carbons (Fsp3) is 0.136. The van der Waals surface area contributed by atoms with Crippen molar-refractivity contribution in [2.45, 2.75) is 19.4 Å². The molecule has 1 atom stereocenters. The van der Waals surface area contributed by atoms with Gasteiger partial charge in [-0.25, -0.2) is 0 Å². The van der Waals surface area contributed by atoms with Gasteiger partial charge >= 0.3 is 0 Å². The summed E-state index contributed by atoms with van der Waals surface area (Å²) in [5, 5.41) is 10.5. The molecule has 0 unspecified atom stereocenters. The molecular formula is C22H16Cl2N4O2. The normalized spacial score (nSPS) is 15.3. The summed E-state index contributed by atoms with van der Waals surface area (Å²) in [4.78, 5) is 17.7. The second-order valence-corrected chi connectivity index (χ2v) is 7.75. The van der Waals surface area contributed by atoms with E-state index in [0.717, 1.165) is 5.56 Å². The van der Waals surface area contributed by atoms with E-state index in [4.69, 9.17) is 33.7 Å². The summed E-state index contributed by atoms with van der Waals surface area (Å²) in [5.41, 5.74) is 8.28. The average Bonchev–Trinajstić information content (AvgIpc) is 2.71. The van der Waals surface area contributed by atoms with E-state index in [1.54, 1.807) is 41.2 Å². The Kier molecular flexibility index (Phi) is 5.25. The fourth-order valence-corrected chi connectivity index (χ4v) is 4.12. The number of ether oxygens (including phenoxy) is 1. The van der Waals surface area contributed by atoms with Crippen molar-refractivity contribution >= 4 is 23.2 Å². The van der Waals surface area contributed by atoms with Crippen LogP contribution in [0.15, 0.2) is 65.0 Å². The fourth-order valence-electron chi connectivity index (χ4n) is 3.60. The number of pyridine rings is 2. The summed E-state index contributed by atoms with van der Waals surface area (Å²) >= 11 is 12.5. The van der Waals surface area contributed by atoms with Crippen LogP contribution in [0.4, 0.5) is 0 Å². The van der Waals surface area contributed by atoms with Crippen molar-refractivity contribution in [1.29, 1.82) is 5.26 Å². The van der Waals surface area contributed by atoms with Gasteiger partial charge in [0.1, 0.15) is 17.4 Å². The quantitative estimate of drug-likeness (QED) is 0.663. The highest BCUT2D eigenvalue weighted by Crippen LogP contribution is 2.43. The lowest BCUT2D eigenvalue weighted by atomic mass is 9.84. The van der Waals surface area contributed by atoms with Gasteiger partial charge in [0.25, 0.3) is 5.56 Å². The summed E-state index contributed by atoms with van der Waals surface area (Å²) in [6, 6.07) is 12.4. The van der Waals surface area contributed by atoms with Crippen LogP contribution >= 0.6 is 23.2 Å². The molecule has 150 valence electrons. The largest absolute Gasteiger partial charge is 0.440 e. The SMILES string of the molecule is Cc1cc2c(c(=O)n1Cc1cccnc1)[C@H](c1ccc(Cl)cc1Cl)C(C#N)=C(N)O2. The van der Waals surface area contributed by atoms with Crippen LogP contribution in [0, 0.1) is 18.3 Å². The van der Waals surface area contributed by atoms with Crippen LogP contribution in [0.3, 0.4) is 0 Å². The summed E-state index contributed by atoms with van der Waals surface area (Å²) in [5.74, 6) is -0.506. The molecule has 0 fully saturated rings. The molecule has 1 aliphatic rings. The first-order valence-electron chi connectivity index (χ1n) is 9.06. The molecule has 1 aromatic carbocycles. The minimum atomic E-state index is -0.767. The van der Waals surface area contributed by atoms with Gasteiger partial charge in [-0.3, -0.25) is 9.78 Å². The molecule has 8 heteroatoms. The third-order valence-electron chi connectivity index (χ3n) is 5.03. The minimum Gasteiger partial charge on any atom is -0.440 e. The van der Waals surface area contributed by atoms with E-state index in [-0.39, 0.29) is 17.0 Å². The number of halogens is 2. The van der Waals surface area contributed by atoms with Crippen LogP contribution in [0.1, 0.15) is 28.3 Å². The second kappa shape index (κ2) is 7.86. The number of hydrogen-bond acceptors (Lipinski definition) is 5. The zero-order valence-electron chi connectivity index (χ0n) is 15.9. The maximum atomic E-state index is 13.6. The zero-order valence-corrected chi connectivity index (χ0v) is 17.4. The molecule has 0 radical (unpaired) electrons. The van der Waals surface area contributed by atoms with Crippen LogP contribution < -0.4 is 16.0 Å². The lowest BCUT2D eigenvalue weighted by Gasteiger charge is -2.28. The molecular weight excluding hydrogens is 423 g/mol. The average molecular weight is 439 g/mol. The van der Waals surface area contributed by atoms with Crippen molar-refractivity contribution in [3.05, 3.63) is 103 Å². The Bertz CT molecular complexity index is 1280. The number of nitrogens with two attached hydrogens (primary N) is 1. The van der Waals surface area contributed by atoms with Gasteiger partial charge in [-0.05, 0) is 36.2 Å². The summed E-state index contributed by atoms with van der Waals surface area (Å²) in [6.45, 7) is 2.14. The highest BCUT2D eigenvalue weighted by molar-refractivity contribution is 6.35. The third kappa shape index (κ3) is 3.43. The first kappa shape index (κ1) is 20.0. The van der Waals surface area contributed by atoms with Gasteiger partial charge in [0.05, 0.1) is 18.0 Å². The van der Waals surface area contributed by atoms with Crippen LogP contribution in [-0.2, 0) is 6.54 Å². The van der Waals surface area contributed by atoms with E-state index in [9.17, 15) is 10.1 Å². The number of allylic oxidation sites excluding steroid dienone is 1. The van der Waals surface area contributed by atoms with E-state index in [2.05, 4.69) is 11.1 Å². The Morgan fingerprint density at radius 3 is 2.77 bits per heavy atom. The lowest BCUT2D eigenvalue weighted by molar-refractivity contribution is 0.389. The van der Waals surface area contributed by atoms with Crippen LogP contribution in [-0.4, -0.2) is 9.55 Å². The van der Waals surface area contributed by atoms with E-state index >= 15 is 0 Å². The summed E-state index contributed by atoms with van der Waals surface area (Å²) in [6.07, 6.45) is 3.37. The Balaban J connectivity index is 1.96. The van der Waals surface area contributed by atoms with Gasteiger partial charge in [-0.1, -0.05) is 35.3 Å². The Morgan fingerprint density at radius 2 is 2.10 bits per heavy atom. The van der Waals surface area contributed by atoms with E-state index in [0.29, 0.717) is 39.2 Å². The van der Waals surface area contributed by atoms with Gasteiger partial charge < -0.3 is 15.0 Å². The number of fused-ring (bicyclic) bond motifs is 1. The highest BCUT2D eigenvalue weighted by Gasteiger charge is 2.35. The van der Waals surface area contributed by atoms with Crippen molar-refractivity contribution in [2.75, 3.05) is 0 Å². The molecule has 6 nitrogen and oxygen atoms in total. The Hall–Kier alpha value is -3.27. The standard InChI is InChI=1S/C22H16Cl2N4O2/c1-12-7-18-20(22(29)28(12)11-13-3-2-6-27-10-13)19(16(9-25)21(26)30-18)15-5-4-14(23)8-17(15)24/h2-8,10,19H,11,26H2,1H3/t19-/m1/s1. The van der Waals surface area contributed by atoms with Gasteiger partial charge in [0.2, 0.25) is 5.88 Å². The Morgan fingerprint density at radius 1 is 1.30 bits per heavy atom. The molecule has 0 aliphatic carbocycles. The van der Waals surface area contributed by atoms with Crippen LogP contribution in [0.5, 0.6) is 5.75 Å². The molecule has 4 rings (SSSR count). The Labute approximate surface area is 182 Å². The maximum absolute atomic E-state index is 13.6. The summed E-state index contributed by atoms with van der Waals surface area (Å²) in [7, 11) is 0. The molecule has 2 aromatic heterocycles. The number of benzene rings is 1. The lowest BCUT2D eigenvalue weighted by Crippen LogP contribution is -2.33. The van der Waals surface area contributed by atoms with Crippen LogP contribution in [0.2, 0.25) is 10.0 Å². The highest BCUT2D eigenvalue weighted by atomic mass is 35.5. The molecule has 3 aromatic rings. The van der Waals surface area contributed by atoms with E-state index < -0.39 is 5.92 Å². The maximum Gasteiger partial charge on any atom is 0.259 e. The number of hydrogen-bond donors (Lipinski definition) is 1. The second-order valence-electron chi connectivity index (χ2n) is 6.91. The van der Waals surface area contributed by atoms with Crippen LogP contribution in [0.25, 0.3) is 0 Å². The number of nitriles is 1. The molecule has 1 aliphatic heterocycles. The predicted octanol–water partition coefficient (Wildman–Crippen LogP) is 4.13. The predicted molar refractivity (Wildman–Crippen MR) is 115 cm³/mol. The number of rotatable bonds is 3. The van der Waals surface area contributed by atoms with Crippen molar-refractivity contribution in [1.82, 2.24) is 9.55 Å². The molecule has 2 N–H and O–H groups in total. The topological polar surface area (TPSA) is 93.9 Å². The molecule has 0 bridgehead atoms. The van der Waals surface area contributed by atoms with Crippen molar-refractivity contribution in [2.24, 2.45) is 5.73 Å². The van der Waals surface area contributed by atoms with Crippen molar-refractivity contribution < 1.29 is 4.74 Å². The molecule has 0 spiro atoms.